The van der Waals surface area contributed by atoms with E-state index in [9.17, 15) is 13.6 Å². The summed E-state index contributed by atoms with van der Waals surface area (Å²) in [7, 11) is 0. The first-order valence-corrected chi connectivity index (χ1v) is 6.64. The number of halogens is 3. The number of aldehydes is 1. The SMILES string of the molecule is O=Cc1c(Oc2cc(Br)cc(F)c2F)nc2ccccn12. The van der Waals surface area contributed by atoms with E-state index in [1.54, 1.807) is 24.4 Å². The van der Waals surface area contributed by atoms with Crippen LogP contribution in [0.25, 0.3) is 5.65 Å². The number of nitrogens with zero attached hydrogens (tertiary/aromatic N) is 2. The van der Waals surface area contributed by atoms with Crippen molar-refractivity contribution in [3.05, 3.63) is 58.3 Å². The van der Waals surface area contributed by atoms with Crippen molar-refractivity contribution < 1.29 is 18.3 Å². The lowest BCUT2D eigenvalue weighted by atomic mass is 10.3. The summed E-state index contributed by atoms with van der Waals surface area (Å²) in [6.45, 7) is 0. The third kappa shape index (κ3) is 2.40. The van der Waals surface area contributed by atoms with Crippen molar-refractivity contribution in [2.75, 3.05) is 0 Å². The van der Waals surface area contributed by atoms with Gasteiger partial charge in [-0.25, -0.2) is 4.39 Å². The zero-order valence-corrected chi connectivity index (χ0v) is 12.0. The number of aromatic nitrogens is 2. The van der Waals surface area contributed by atoms with Gasteiger partial charge in [0.15, 0.2) is 23.5 Å². The van der Waals surface area contributed by atoms with Crippen molar-refractivity contribution in [2.24, 2.45) is 0 Å². The molecule has 0 bridgehead atoms. The molecule has 0 atom stereocenters. The largest absolute Gasteiger partial charge is 0.434 e. The van der Waals surface area contributed by atoms with Crippen molar-refractivity contribution >= 4 is 27.9 Å². The van der Waals surface area contributed by atoms with Crippen molar-refractivity contribution in [1.82, 2.24) is 9.38 Å². The summed E-state index contributed by atoms with van der Waals surface area (Å²) in [5, 5.41) is 0. The molecule has 3 rings (SSSR count). The molecule has 106 valence electrons. The molecule has 0 aliphatic rings. The predicted molar refractivity (Wildman–Crippen MR) is 74.7 cm³/mol. The van der Waals surface area contributed by atoms with Gasteiger partial charge in [-0.1, -0.05) is 22.0 Å². The summed E-state index contributed by atoms with van der Waals surface area (Å²) < 4.78 is 34.1. The van der Waals surface area contributed by atoms with E-state index in [1.165, 1.54) is 10.5 Å². The Bertz CT molecular complexity index is 848. The number of carbonyl (C=O) groups excluding carboxylic acids is 1. The van der Waals surface area contributed by atoms with Crippen LogP contribution in [0.15, 0.2) is 41.0 Å². The highest BCUT2D eigenvalue weighted by atomic mass is 79.9. The lowest BCUT2D eigenvalue weighted by molar-refractivity contribution is 0.111. The van der Waals surface area contributed by atoms with E-state index in [1.807, 2.05) is 0 Å². The Balaban J connectivity index is 2.12. The molecule has 0 radical (unpaired) electrons. The summed E-state index contributed by atoms with van der Waals surface area (Å²) in [6.07, 6.45) is 2.17. The van der Waals surface area contributed by atoms with Gasteiger partial charge in [0, 0.05) is 10.7 Å². The number of hydrogen-bond donors (Lipinski definition) is 0. The Hall–Kier alpha value is -2.28. The lowest BCUT2D eigenvalue weighted by Gasteiger charge is -2.05. The smallest absolute Gasteiger partial charge is 0.249 e. The predicted octanol–water partition coefficient (Wildman–Crippen LogP) is 3.98. The van der Waals surface area contributed by atoms with E-state index in [0.29, 0.717) is 16.4 Å². The minimum Gasteiger partial charge on any atom is -0.434 e. The summed E-state index contributed by atoms with van der Waals surface area (Å²) in [6, 6.07) is 7.35. The maximum atomic E-state index is 13.7. The lowest BCUT2D eigenvalue weighted by Crippen LogP contribution is -1.96. The Morgan fingerprint density at radius 3 is 2.86 bits per heavy atom. The maximum Gasteiger partial charge on any atom is 0.249 e. The van der Waals surface area contributed by atoms with Gasteiger partial charge in [-0.05, 0) is 24.3 Å². The fourth-order valence-corrected chi connectivity index (χ4v) is 2.30. The van der Waals surface area contributed by atoms with Crippen LogP contribution in [-0.2, 0) is 0 Å². The molecule has 0 saturated heterocycles. The fourth-order valence-electron chi connectivity index (χ4n) is 1.89. The van der Waals surface area contributed by atoms with Crippen molar-refractivity contribution in [1.29, 1.82) is 0 Å². The van der Waals surface area contributed by atoms with Gasteiger partial charge in [0.1, 0.15) is 5.65 Å². The minimum absolute atomic E-state index is 0.0902. The van der Waals surface area contributed by atoms with Crippen molar-refractivity contribution in [2.45, 2.75) is 0 Å². The Labute approximate surface area is 126 Å². The van der Waals surface area contributed by atoms with Gasteiger partial charge >= 0.3 is 0 Å². The molecular weight excluding hydrogens is 346 g/mol. The number of imidazole rings is 1. The molecular formula is C14H7BrF2N2O2. The average molecular weight is 353 g/mol. The van der Waals surface area contributed by atoms with Gasteiger partial charge in [0.05, 0.1) is 0 Å². The molecule has 2 aromatic heterocycles. The standard InChI is InChI=1S/C14H7BrF2N2O2/c15-8-5-9(16)13(17)11(6-8)21-14-10(7-20)19-4-2-1-3-12(19)18-14/h1-7H. The summed E-state index contributed by atoms with van der Waals surface area (Å²) in [4.78, 5) is 15.3. The second kappa shape index (κ2) is 5.25. The zero-order valence-electron chi connectivity index (χ0n) is 10.4. The van der Waals surface area contributed by atoms with Crippen molar-refractivity contribution in [3.63, 3.8) is 0 Å². The summed E-state index contributed by atoms with van der Waals surface area (Å²) in [5.74, 6) is -2.65. The molecule has 7 heteroatoms. The first-order valence-electron chi connectivity index (χ1n) is 5.85. The number of ether oxygens (including phenoxy) is 1. The molecule has 0 aliphatic carbocycles. The van der Waals surface area contributed by atoms with Crippen LogP contribution in [0.4, 0.5) is 8.78 Å². The van der Waals surface area contributed by atoms with Gasteiger partial charge < -0.3 is 4.74 Å². The van der Waals surface area contributed by atoms with Crippen LogP contribution >= 0.6 is 15.9 Å². The van der Waals surface area contributed by atoms with Gasteiger partial charge in [-0.3, -0.25) is 9.20 Å². The molecule has 2 heterocycles. The second-order valence-corrected chi connectivity index (χ2v) is 5.07. The fraction of sp³-hybridized carbons (Fsp3) is 0. The highest BCUT2D eigenvalue weighted by Crippen LogP contribution is 2.30. The molecule has 0 fully saturated rings. The molecule has 0 unspecified atom stereocenters. The van der Waals surface area contributed by atoms with Gasteiger partial charge in [-0.2, -0.15) is 9.37 Å². The molecule has 0 aliphatic heterocycles. The third-order valence-corrected chi connectivity index (χ3v) is 3.27. The van der Waals surface area contributed by atoms with Crippen LogP contribution in [0.2, 0.25) is 0 Å². The van der Waals surface area contributed by atoms with Crippen LogP contribution in [0, 0.1) is 11.6 Å². The normalized spacial score (nSPS) is 10.8. The Kier molecular flexibility index (Phi) is 3.42. The van der Waals surface area contributed by atoms with E-state index in [4.69, 9.17) is 4.74 Å². The molecule has 0 N–H and O–H groups in total. The monoisotopic (exact) mass is 352 g/mol. The number of fused-ring (bicyclic) bond motifs is 1. The van der Waals surface area contributed by atoms with E-state index < -0.39 is 11.6 Å². The molecule has 21 heavy (non-hydrogen) atoms. The van der Waals surface area contributed by atoms with Crippen LogP contribution in [-0.4, -0.2) is 15.7 Å². The summed E-state index contributed by atoms with van der Waals surface area (Å²) >= 11 is 3.05. The van der Waals surface area contributed by atoms with E-state index >= 15 is 0 Å². The van der Waals surface area contributed by atoms with Crippen LogP contribution in [0.3, 0.4) is 0 Å². The molecule has 4 nitrogen and oxygen atoms in total. The second-order valence-electron chi connectivity index (χ2n) is 4.15. The number of carbonyl (C=O) groups is 1. The van der Waals surface area contributed by atoms with E-state index in [2.05, 4.69) is 20.9 Å². The van der Waals surface area contributed by atoms with Crippen LogP contribution < -0.4 is 4.74 Å². The first-order chi connectivity index (χ1) is 10.1. The van der Waals surface area contributed by atoms with Crippen molar-refractivity contribution in [3.8, 4) is 11.6 Å². The highest BCUT2D eigenvalue weighted by molar-refractivity contribution is 9.10. The Morgan fingerprint density at radius 2 is 2.10 bits per heavy atom. The highest BCUT2D eigenvalue weighted by Gasteiger charge is 2.17. The molecule has 0 spiro atoms. The van der Waals surface area contributed by atoms with Gasteiger partial charge in [0.2, 0.25) is 11.7 Å². The van der Waals surface area contributed by atoms with Gasteiger partial charge in [0.25, 0.3) is 0 Å². The maximum absolute atomic E-state index is 13.7. The average Bonchev–Trinajstić information content (AvgIpc) is 2.81. The summed E-state index contributed by atoms with van der Waals surface area (Å²) in [5.41, 5.74) is 0.580. The van der Waals surface area contributed by atoms with Gasteiger partial charge in [-0.15, -0.1) is 0 Å². The number of pyridine rings is 1. The number of benzene rings is 1. The van der Waals surface area contributed by atoms with Crippen LogP contribution in [0.1, 0.15) is 10.5 Å². The Morgan fingerprint density at radius 1 is 1.29 bits per heavy atom. The number of hydrogen-bond acceptors (Lipinski definition) is 3. The molecule has 1 aromatic carbocycles. The third-order valence-electron chi connectivity index (χ3n) is 2.81. The minimum atomic E-state index is -1.15. The van der Waals surface area contributed by atoms with E-state index in [0.717, 1.165) is 6.07 Å². The van der Waals surface area contributed by atoms with Crippen LogP contribution in [0.5, 0.6) is 11.6 Å². The zero-order chi connectivity index (χ0) is 15.0. The topological polar surface area (TPSA) is 43.6 Å². The van der Waals surface area contributed by atoms with E-state index in [-0.39, 0.29) is 17.3 Å². The number of rotatable bonds is 3. The molecule has 3 aromatic rings. The molecule has 0 amide bonds. The quantitative estimate of drug-likeness (QED) is 0.529. The first kappa shape index (κ1) is 13.7. The molecule has 0 saturated carbocycles.